The van der Waals surface area contributed by atoms with Crippen molar-refractivity contribution < 1.29 is 19.1 Å². The van der Waals surface area contributed by atoms with Crippen LogP contribution in [0, 0.1) is 13.8 Å². The summed E-state index contributed by atoms with van der Waals surface area (Å²) < 4.78 is 11.0. The van der Waals surface area contributed by atoms with E-state index in [9.17, 15) is 9.59 Å². The molecule has 2 aromatic carbocycles. The summed E-state index contributed by atoms with van der Waals surface area (Å²) in [5.74, 6) is -0.0476. The first kappa shape index (κ1) is 21.9. The summed E-state index contributed by atoms with van der Waals surface area (Å²) in [6.45, 7) is 8.20. The van der Waals surface area contributed by atoms with Crippen LogP contribution in [0.4, 0.5) is 0 Å². The first-order chi connectivity index (χ1) is 12.9. The fourth-order valence-corrected chi connectivity index (χ4v) is 3.89. The summed E-state index contributed by atoms with van der Waals surface area (Å²) in [7, 11) is 0. The highest BCUT2D eigenvalue weighted by atomic mass is 35.5. The molecule has 6 heteroatoms. The number of fused-ring (bicyclic) bond motifs is 1. The molecule has 5 nitrogen and oxygen atoms in total. The molecule has 1 unspecified atom stereocenters. The Kier molecular flexibility index (Phi) is 7.22. The van der Waals surface area contributed by atoms with Crippen LogP contribution in [0.3, 0.4) is 0 Å². The average molecular weight is 404 g/mol. The molecule has 0 radical (unpaired) electrons. The third-order valence-corrected chi connectivity index (χ3v) is 5.01. The van der Waals surface area contributed by atoms with Gasteiger partial charge in [-0.2, -0.15) is 0 Å². The van der Waals surface area contributed by atoms with Gasteiger partial charge in [-0.1, -0.05) is 30.3 Å². The van der Waals surface area contributed by atoms with E-state index in [4.69, 9.17) is 9.47 Å². The number of nitrogens with one attached hydrogen (secondary N) is 1. The highest BCUT2D eigenvalue weighted by Crippen LogP contribution is 2.44. The van der Waals surface area contributed by atoms with Crippen molar-refractivity contribution >= 4 is 24.3 Å². The van der Waals surface area contributed by atoms with Crippen molar-refractivity contribution in [3.8, 4) is 11.5 Å². The number of esters is 2. The number of carbonyl (C=O) groups excluding carboxylic acids is 2. The molecule has 0 aromatic heterocycles. The van der Waals surface area contributed by atoms with Crippen LogP contribution in [0.2, 0.25) is 0 Å². The Hall–Kier alpha value is -2.37. The third-order valence-electron chi connectivity index (χ3n) is 5.01. The quantitative estimate of drug-likeness (QED) is 0.622. The smallest absolute Gasteiger partial charge is 0.308 e. The van der Waals surface area contributed by atoms with Crippen LogP contribution in [0.25, 0.3) is 0 Å². The highest BCUT2D eigenvalue weighted by Gasteiger charge is 2.30. The molecule has 0 amide bonds. The van der Waals surface area contributed by atoms with Crippen LogP contribution >= 0.6 is 12.4 Å². The van der Waals surface area contributed by atoms with E-state index < -0.39 is 11.9 Å². The fourth-order valence-electron chi connectivity index (χ4n) is 3.89. The van der Waals surface area contributed by atoms with E-state index in [1.165, 1.54) is 19.4 Å². The number of halogens is 1. The summed E-state index contributed by atoms with van der Waals surface area (Å²) >= 11 is 0. The van der Waals surface area contributed by atoms with Gasteiger partial charge in [0.05, 0.1) is 0 Å². The molecule has 28 heavy (non-hydrogen) atoms. The van der Waals surface area contributed by atoms with Gasteiger partial charge in [-0.15, -0.1) is 12.4 Å². The summed E-state index contributed by atoms with van der Waals surface area (Å²) in [5, 5.41) is 3.50. The molecule has 3 rings (SSSR count). The molecule has 1 N–H and O–H groups in total. The molecule has 0 saturated carbocycles. The lowest BCUT2D eigenvalue weighted by Gasteiger charge is -2.25. The van der Waals surface area contributed by atoms with Crippen molar-refractivity contribution in [2.45, 2.75) is 40.0 Å². The molecular weight excluding hydrogens is 378 g/mol. The number of benzene rings is 2. The van der Waals surface area contributed by atoms with E-state index in [2.05, 4.69) is 17.4 Å². The first-order valence-electron chi connectivity index (χ1n) is 9.18. The molecule has 1 aliphatic heterocycles. The molecule has 0 saturated heterocycles. The molecule has 1 heterocycles. The fraction of sp³-hybridized carbons (Fsp3) is 0.364. The predicted octanol–water partition coefficient (Wildman–Crippen LogP) is 3.85. The monoisotopic (exact) mass is 403 g/mol. The minimum absolute atomic E-state index is 0. The largest absolute Gasteiger partial charge is 0.422 e. The second-order valence-corrected chi connectivity index (χ2v) is 6.91. The SMILES string of the molecule is CC(=O)Oc1c(C)c2c(c(C)c1OC(C)=O)C(c1ccccc1)CNCC2.Cl. The van der Waals surface area contributed by atoms with Crippen molar-refractivity contribution in [3.05, 3.63) is 58.1 Å². The Morgan fingerprint density at radius 2 is 1.54 bits per heavy atom. The summed E-state index contributed by atoms with van der Waals surface area (Å²) in [6, 6.07) is 10.3. The molecule has 0 fully saturated rings. The van der Waals surface area contributed by atoms with E-state index in [1.54, 1.807) is 0 Å². The van der Waals surface area contributed by atoms with Gasteiger partial charge in [-0.05, 0) is 54.6 Å². The maximum atomic E-state index is 11.7. The molecule has 0 spiro atoms. The Bertz CT molecular complexity index is 880. The topological polar surface area (TPSA) is 64.6 Å². The molecule has 0 bridgehead atoms. The maximum absolute atomic E-state index is 11.7. The number of rotatable bonds is 3. The molecular formula is C22H26ClNO4. The summed E-state index contributed by atoms with van der Waals surface area (Å²) in [6.07, 6.45) is 0.819. The van der Waals surface area contributed by atoms with Gasteiger partial charge in [0.25, 0.3) is 0 Å². The summed E-state index contributed by atoms with van der Waals surface area (Å²) in [4.78, 5) is 23.4. The van der Waals surface area contributed by atoms with Crippen LogP contribution < -0.4 is 14.8 Å². The molecule has 2 aromatic rings. The van der Waals surface area contributed by atoms with Crippen molar-refractivity contribution in [3.63, 3.8) is 0 Å². The van der Waals surface area contributed by atoms with Gasteiger partial charge in [-0.3, -0.25) is 9.59 Å². The molecule has 1 atom stereocenters. The summed E-state index contributed by atoms with van der Waals surface area (Å²) in [5.41, 5.74) is 5.20. The van der Waals surface area contributed by atoms with Gasteiger partial charge in [-0.25, -0.2) is 0 Å². The van der Waals surface area contributed by atoms with Crippen molar-refractivity contribution in [2.75, 3.05) is 13.1 Å². The number of hydrogen-bond acceptors (Lipinski definition) is 5. The molecule has 150 valence electrons. The standard InChI is InChI=1S/C22H25NO4.ClH/c1-13-18-10-11-23-12-19(17-8-6-5-7-9-17)20(18)14(2)22(27-16(4)25)21(13)26-15(3)24;/h5-9,19,23H,10-12H2,1-4H3;1H. The average Bonchev–Trinajstić information content (AvgIpc) is 2.86. The zero-order valence-corrected chi connectivity index (χ0v) is 17.4. The van der Waals surface area contributed by atoms with E-state index in [0.717, 1.165) is 41.8 Å². The van der Waals surface area contributed by atoms with E-state index in [-0.39, 0.29) is 18.3 Å². The lowest BCUT2D eigenvalue weighted by atomic mass is 9.82. The van der Waals surface area contributed by atoms with E-state index in [1.807, 2.05) is 32.0 Å². The van der Waals surface area contributed by atoms with E-state index >= 15 is 0 Å². The van der Waals surface area contributed by atoms with Crippen molar-refractivity contribution in [2.24, 2.45) is 0 Å². The lowest BCUT2D eigenvalue weighted by molar-refractivity contribution is -0.134. The van der Waals surface area contributed by atoms with Gasteiger partial charge in [0.15, 0.2) is 11.5 Å². The number of hydrogen-bond donors (Lipinski definition) is 1. The Balaban J connectivity index is 0.00000280. The zero-order chi connectivity index (χ0) is 19.6. The van der Waals surface area contributed by atoms with Gasteiger partial charge in [0.1, 0.15) is 0 Å². The van der Waals surface area contributed by atoms with Crippen molar-refractivity contribution in [1.29, 1.82) is 0 Å². The Labute approximate surface area is 171 Å². The van der Waals surface area contributed by atoms with Gasteiger partial charge >= 0.3 is 11.9 Å². The minimum atomic E-state index is -0.436. The second kappa shape index (κ2) is 9.22. The molecule has 1 aliphatic rings. The van der Waals surface area contributed by atoms with Gasteiger partial charge in [0.2, 0.25) is 0 Å². The predicted molar refractivity (Wildman–Crippen MR) is 111 cm³/mol. The van der Waals surface area contributed by atoms with Crippen molar-refractivity contribution in [1.82, 2.24) is 5.32 Å². The maximum Gasteiger partial charge on any atom is 0.308 e. The number of carbonyl (C=O) groups is 2. The van der Waals surface area contributed by atoms with Crippen LogP contribution in [-0.2, 0) is 16.0 Å². The second-order valence-electron chi connectivity index (χ2n) is 6.91. The normalized spacial score (nSPS) is 15.6. The zero-order valence-electron chi connectivity index (χ0n) is 16.6. The Morgan fingerprint density at radius 3 is 2.11 bits per heavy atom. The van der Waals surface area contributed by atoms with E-state index in [0.29, 0.717) is 11.5 Å². The first-order valence-corrected chi connectivity index (χ1v) is 9.18. The van der Waals surface area contributed by atoms with Crippen LogP contribution in [0.5, 0.6) is 11.5 Å². The highest BCUT2D eigenvalue weighted by molar-refractivity contribution is 5.85. The lowest BCUT2D eigenvalue weighted by Crippen LogP contribution is -2.21. The van der Waals surface area contributed by atoms with Crippen LogP contribution in [0.1, 0.15) is 47.6 Å². The molecule has 0 aliphatic carbocycles. The van der Waals surface area contributed by atoms with Gasteiger partial charge in [0, 0.05) is 26.3 Å². The third kappa shape index (κ3) is 4.37. The minimum Gasteiger partial charge on any atom is -0.422 e. The van der Waals surface area contributed by atoms with Crippen LogP contribution in [0.15, 0.2) is 30.3 Å². The van der Waals surface area contributed by atoms with Gasteiger partial charge < -0.3 is 14.8 Å². The van der Waals surface area contributed by atoms with Crippen LogP contribution in [-0.4, -0.2) is 25.0 Å². The Morgan fingerprint density at radius 1 is 0.964 bits per heavy atom. The number of ether oxygens (including phenoxy) is 2.